The second-order valence-corrected chi connectivity index (χ2v) is 9.13. The third-order valence-corrected chi connectivity index (χ3v) is 7.04. The summed E-state index contributed by atoms with van der Waals surface area (Å²) in [6.45, 7) is 3.96. The van der Waals surface area contributed by atoms with Crippen LogP contribution in [0, 0.1) is 13.8 Å². The van der Waals surface area contributed by atoms with Crippen molar-refractivity contribution >= 4 is 21.4 Å². The number of hydrogen-bond acceptors (Lipinski definition) is 3. The highest BCUT2D eigenvalue weighted by Crippen LogP contribution is 2.26. The van der Waals surface area contributed by atoms with Crippen LogP contribution in [0.2, 0.25) is 0 Å². The molecule has 0 unspecified atom stereocenters. The van der Waals surface area contributed by atoms with Crippen LogP contribution in [0.15, 0.2) is 41.3 Å². The van der Waals surface area contributed by atoms with E-state index in [2.05, 4.69) is 0 Å². The summed E-state index contributed by atoms with van der Waals surface area (Å²) in [4.78, 5) is 14.4. The second kappa shape index (κ2) is 7.23. The SMILES string of the molecule is Cc1cccc(N(C)C(=O)CCS(=O)(=O)c2ccc3c(c2)CCC3)c1C. The van der Waals surface area contributed by atoms with Crippen molar-refractivity contribution in [3.63, 3.8) is 0 Å². The van der Waals surface area contributed by atoms with Gasteiger partial charge in [-0.15, -0.1) is 0 Å². The smallest absolute Gasteiger partial charge is 0.227 e. The van der Waals surface area contributed by atoms with E-state index in [1.807, 2.05) is 38.1 Å². The van der Waals surface area contributed by atoms with E-state index in [1.165, 1.54) is 5.56 Å². The van der Waals surface area contributed by atoms with Gasteiger partial charge >= 0.3 is 0 Å². The highest BCUT2D eigenvalue weighted by atomic mass is 32.2. The molecule has 2 aromatic rings. The summed E-state index contributed by atoms with van der Waals surface area (Å²) >= 11 is 0. The number of carbonyl (C=O) groups is 1. The third kappa shape index (κ3) is 3.68. The van der Waals surface area contributed by atoms with E-state index in [-0.39, 0.29) is 18.1 Å². The first kappa shape index (κ1) is 18.6. The Hall–Kier alpha value is -2.14. The van der Waals surface area contributed by atoms with Gasteiger partial charge in [-0.2, -0.15) is 0 Å². The van der Waals surface area contributed by atoms with Crippen molar-refractivity contribution < 1.29 is 13.2 Å². The molecular formula is C21H25NO3S. The van der Waals surface area contributed by atoms with Crippen LogP contribution in [0.4, 0.5) is 5.69 Å². The summed E-state index contributed by atoms with van der Waals surface area (Å²) in [5.74, 6) is -0.358. The van der Waals surface area contributed by atoms with Gasteiger partial charge < -0.3 is 4.90 Å². The van der Waals surface area contributed by atoms with Crippen molar-refractivity contribution in [1.82, 2.24) is 0 Å². The van der Waals surface area contributed by atoms with Gasteiger partial charge in [0.25, 0.3) is 0 Å². The van der Waals surface area contributed by atoms with E-state index in [1.54, 1.807) is 24.1 Å². The zero-order valence-electron chi connectivity index (χ0n) is 15.6. The minimum absolute atomic E-state index is 0.0245. The number of nitrogens with zero attached hydrogens (tertiary/aromatic N) is 1. The number of amides is 1. The van der Waals surface area contributed by atoms with Gasteiger partial charge in [0.05, 0.1) is 10.6 Å². The Kier molecular flexibility index (Phi) is 5.19. The van der Waals surface area contributed by atoms with Crippen LogP contribution >= 0.6 is 0 Å². The zero-order chi connectivity index (χ0) is 18.9. The summed E-state index contributed by atoms with van der Waals surface area (Å²) in [6.07, 6.45) is 3.02. The standard InChI is InChI=1S/C21H25NO3S/c1-15-6-4-9-20(16(15)2)22(3)21(23)12-13-26(24,25)19-11-10-17-7-5-8-18(17)14-19/h4,6,9-11,14H,5,7-8,12-13H2,1-3H3. The quantitative estimate of drug-likeness (QED) is 0.807. The first-order valence-electron chi connectivity index (χ1n) is 8.97. The topological polar surface area (TPSA) is 54.5 Å². The van der Waals surface area contributed by atoms with Gasteiger partial charge in [0.2, 0.25) is 5.91 Å². The molecule has 1 aliphatic rings. The number of fused-ring (bicyclic) bond motifs is 1. The van der Waals surface area contributed by atoms with Gasteiger partial charge in [-0.3, -0.25) is 4.79 Å². The van der Waals surface area contributed by atoms with Gasteiger partial charge in [-0.25, -0.2) is 8.42 Å². The van der Waals surface area contributed by atoms with Crippen LogP contribution in [0.5, 0.6) is 0 Å². The van der Waals surface area contributed by atoms with Crippen LogP contribution < -0.4 is 4.90 Å². The summed E-state index contributed by atoms with van der Waals surface area (Å²) in [6, 6.07) is 11.2. The van der Waals surface area contributed by atoms with Crippen molar-refractivity contribution in [1.29, 1.82) is 0 Å². The molecule has 1 aliphatic carbocycles. The number of rotatable bonds is 5. The maximum atomic E-state index is 12.6. The number of carbonyl (C=O) groups excluding carboxylic acids is 1. The molecule has 0 heterocycles. The Labute approximate surface area is 155 Å². The molecule has 2 aromatic carbocycles. The van der Waals surface area contributed by atoms with Gasteiger partial charge in [-0.05, 0) is 73.6 Å². The van der Waals surface area contributed by atoms with Crippen molar-refractivity contribution in [3.8, 4) is 0 Å². The molecular weight excluding hydrogens is 346 g/mol. The van der Waals surface area contributed by atoms with Crippen molar-refractivity contribution in [2.75, 3.05) is 17.7 Å². The number of benzene rings is 2. The lowest BCUT2D eigenvalue weighted by atomic mass is 10.1. The molecule has 1 amide bonds. The van der Waals surface area contributed by atoms with Gasteiger partial charge in [0, 0.05) is 19.2 Å². The fourth-order valence-electron chi connectivity index (χ4n) is 3.48. The van der Waals surface area contributed by atoms with Crippen LogP contribution in [0.3, 0.4) is 0 Å². The molecule has 0 N–H and O–H groups in total. The largest absolute Gasteiger partial charge is 0.315 e. The van der Waals surface area contributed by atoms with E-state index in [4.69, 9.17) is 0 Å². The van der Waals surface area contributed by atoms with Crippen molar-refractivity contribution in [2.24, 2.45) is 0 Å². The third-order valence-electron chi connectivity index (χ3n) is 5.33. The molecule has 0 saturated heterocycles. The summed E-state index contributed by atoms with van der Waals surface area (Å²) < 4.78 is 25.3. The van der Waals surface area contributed by atoms with E-state index in [9.17, 15) is 13.2 Å². The Morgan fingerprint density at radius 1 is 1.08 bits per heavy atom. The highest BCUT2D eigenvalue weighted by Gasteiger charge is 2.21. The molecule has 4 nitrogen and oxygen atoms in total. The monoisotopic (exact) mass is 371 g/mol. The maximum absolute atomic E-state index is 12.6. The lowest BCUT2D eigenvalue weighted by Crippen LogP contribution is -2.28. The lowest BCUT2D eigenvalue weighted by Gasteiger charge is -2.20. The Morgan fingerprint density at radius 2 is 1.81 bits per heavy atom. The molecule has 0 aromatic heterocycles. The van der Waals surface area contributed by atoms with Gasteiger partial charge in [0.1, 0.15) is 0 Å². The Bertz CT molecular complexity index is 948. The molecule has 0 spiro atoms. The average molecular weight is 372 g/mol. The Morgan fingerprint density at radius 3 is 2.58 bits per heavy atom. The van der Waals surface area contributed by atoms with Crippen molar-refractivity contribution in [3.05, 3.63) is 58.7 Å². The predicted molar refractivity (Wildman–Crippen MR) is 104 cm³/mol. The lowest BCUT2D eigenvalue weighted by molar-refractivity contribution is -0.117. The molecule has 0 aliphatic heterocycles. The van der Waals surface area contributed by atoms with Crippen LogP contribution in [0.1, 0.15) is 35.1 Å². The number of sulfone groups is 1. The van der Waals surface area contributed by atoms with E-state index in [0.29, 0.717) is 4.90 Å². The maximum Gasteiger partial charge on any atom is 0.227 e. The van der Waals surface area contributed by atoms with E-state index >= 15 is 0 Å². The molecule has 0 fully saturated rings. The van der Waals surface area contributed by atoms with Gasteiger partial charge in [0.15, 0.2) is 9.84 Å². The van der Waals surface area contributed by atoms with E-state index in [0.717, 1.165) is 41.6 Å². The molecule has 26 heavy (non-hydrogen) atoms. The van der Waals surface area contributed by atoms with Gasteiger partial charge in [-0.1, -0.05) is 18.2 Å². The van der Waals surface area contributed by atoms with Crippen LogP contribution in [-0.4, -0.2) is 27.1 Å². The van der Waals surface area contributed by atoms with E-state index < -0.39 is 9.84 Å². The van der Waals surface area contributed by atoms with Crippen LogP contribution in [0.25, 0.3) is 0 Å². The molecule has 3 rings (SSSR count). The molecule has 0 bridgehead atoms. The summed E-state index contributed by atoms with van der Waals surface area (Å²) in [5, 5.41) is 0. The number of hydrogen-bond donors (Lipinski definition) is 0. The molecule has 0 radical (unpaired) electrons. The van der Waals surface area contributed by atoms with Crippen LogP contribution in [-0.2, 0) is 27.5 Å². The first-order chi connectivity index (χ1) is 12.3. The molecule has 138 valence electrons. The zero-order valence-corrected chi connectivity index (χ0v) is 16.4. The second-order valence-electron chi connectivity index (χ2n) is 7.02. The molecule has 0 atom stereocenters. The van der Waals surface area contributed by atoms with Crippen molar-refractivity contribution in [2.45, 2.75) is 44.4 Å². The fraction of sp³-hybridized carbons (Fsp3) is 0.381. The first-order valence-corrected chi connectivity index (χ1v) is 10.6. The minimum Gasteiger partial charge on any atom is -0.315 e. The fourth-order valence-corrected chi connectivity index (χ4v) is 4.76. The number of aryl methyl sites for hydroxylation is 3. The predicted octanol–water partition coefficient (Wildman–Crippen LogP) is 3.62. The Balaban J connectivity index is 1.71. The summed E-state index contributed by atoms with van der Waals surface area (Å²) in [7, 11) is -1.76. The molecule has 5 heteroatoms. The number of anilines is 1. The normalized spacial score (nSPS) is 13.5. The average Bonchev–Trinajstić information content (AvgIpc) is 3.09. The summed E-state index contributed by atoms with van der Waals surface area (Å²) in [5.41, 5.74) is 5.34. The minimum atomic E-state index is -3.46. The molecule has 0 saturated carbocycles. The highest BCUT2D eigenvalue weighted by molar-refractivity contribution is 7.91.